The van der Waals surface area contributed by atoms with Crippen LogP contribution in [-0.2, 0) is 28.6 Å². The molecule has 6 heteroatoms. The molecule has 0 fully saturated rings. The predicted octanol–water partition coefficient (Wildman–Crippen LogP) is 24.7. The van der Waals surface area contributed by atoms with Crippen molar-refractivity contribution in [2.24, 2.45) is 0 Å². The first kappa shape index (κ1) is 77.6. The molecule has 0 rings (SSSR count). The Morgan fingerprint density at radius 2 is 0.412 bits per heavy atom. The number of rotatable bonds is 67. The summed E-state index contributed by atoms with van der Waals surface area (Å²) in [5, 5.41) is 0. The van der Waals surface area contributed by atoms with Gasteiger partial charge in [-0.1, -0.05) is 320 Å². The number of carbonyl (C=O) groups is 3. The number of ether oxygens (including phenoxy) is 3. The summed E-state index contributed by atoms with van der Waals surface area (Å²) in [5.41, 5.74) is 0. The monoisotopic (exact) mass is 1120 g/mol. The van der Waals surface area contributed by atoms with E-state index in [1.54, 1.807) is 0 Å². The number of esters is 3. The Bertz CT molecular complexity index is 1340. The van der Waals surface area contributed by atoms with Crippen molar-refractivity contribution in [2.75, 3.05) is 13.2 Å². The maximum Gasteiger partial charge on any atom is 0.306 e. The molecule has 0 aromatic rings. The molecule has 0 aliphatic heterocycles. The molecule has 0 saturated heterocycles. The first-order chi connectivity index (χ1) is 39.5. The predicted molar refractivity (Wildman–Crippen MR) is 349 cm³/mol. The fourth-order valence-electron chi connectivity index (χ4n) is 10.9. The largest absolute Gasteiger partial charge is 0.462 e. The fourth-order valence-corrected chi connectivity index (χ4v) is 10.9. The van der Waals surface area contributed by atoms with Gasteiger partial charge >= 0.3 is 17.9 Å². The lowest BCUT2D eigenvalue weighted by atomic mass is 10.0. The van der Waals surface area contributed by atoms with Crippen LogP contribution in [0.15, 0.2) is 36.5 Å². The van der Waals surface area contributed by atoms with Crippen LogP contribution in [-0.4, -0.2) is 37.2 Å². The van der Waals surface area contributed by atoms with Gasteiger partial charge in [-0.15, -0.1) is 0 Å². The van der Waals surface area contributed by atoms with Crippen LogP contribution >= 0.6 is 0 Å². The molecule has 0 radical (unpaired) electrons. The molecule has 1 unspecified atom stereocenters. The topological polar surface area (TPSA) is 78.9 Å². The van der Waals surface area contributed by atoms with Crippen LogP contribution < -0.4 is 0 Å². The zero-order chi connectivity index (χ0) is 57.8. The van der Waals surface area contributed by atoms with Gasteiger partial charge in [0.25, 0.3) is 0 Å². The van der Waals surface area contributed by atoms with Gasteiger partial charge in [0.1, 0.15) is 13.2 Å². The summed E-state index contributed by atoms with van der Waals surface area (Å²) in [6, 6.07) is 0. The van der Waals surface area contributed by atoms with E-state index in [4.69, 9.17) is 14.2 Å². The zero-order valence-corrected chi connectivity index (χ0v) is 54.1. The van der Waals surface area contributed by atoms with Crippen molar-refractivity contribution in [2.45, 2.75) is 406 Å². The SMILES string of the molecule is CCCCC/C=C\CCCCCCCC(=O)OCC(COC(=O)CCCCCCCCCCCCCCCCCCCCCCC/C=C\CCCCCCCCCC)OC(=O)CCCCCCCCC/C=C\CCCCCCCC. The van der Waals surface area contributed by atoms with Gasteiger partial charge in [-0.3, -0.25) is 14.4 Å². The van der Waals surface area contributed by atoms with E-state index in [1.165, 1.54) is 295 Å². The second-order valence-corrected chi connectivity index (χ2v) is 24.5. The van der Waals surface area contributed by atoms with E-state index in [2.05, 4.69) is 57.2 Å². The molecule has 0 N–H and O–H groups in total. The van der Waals surface area contributed by atoms with E-state index in [9.17, 15) is 14.4 Å². The van der Waals surface area contributed by atoms with Gasteiger partial charge in [0.05, 0.1) is 0 Å². The van der Waals surface area contributed by atoms with Crippen molar-refractivity contribution in [3.05, 3.63) is 36.5 Å². The minimum absolute atomic E-state index is 0.0720. The molecule has 0 aliphatic carbocycles. The molecule has 0 aliphatic rings. The average Bonchev–Trinajstić information content (AvgIpc) is 3.46. The number of hydrogen-bond acceptors (Lipinski definition) is 6. The summed E-state index contributed by atoms with van der Waals surface area (Å²) < 4.78 is 16.9. The van der Waals surface area contributed by atoms with Crippen LogP contribution in [0.3, 0.4) is 0 Å². The van der Waals surface area contributed by atoms with E-state index < -0.39 is 6.10 Å². The van der Waals surface area contributed by atoms with E-state index in [0.29, 0.717) is 19.3 Å². The second kappa shape index (κ2) is 69.1. The molecule has 0 aromatic heterocycles. The van der Waals surface area contributed by atoms with Gasteiger partial charge in [0.2, 0.25) is 0 Å². The molecule has 0 heterocycles. The highest BCUT2D eigenvalue weighted by atomic mass is 16.6. The smallest absolute Gasteiger partial charge is 0.306 e. The Labute approximate surface area is 499 Å². The average molecular weight is 1120 g/mol. The van der Waals surface area contributed by atoms with Crippen molar-refractivity contribution < 1.29 is 28.6 Å². The third-order valence-electron chi connectivity index (χ3n) is 16.3. The van der Waals surface area contributed by atoms with E-state index in [0.717, 1.165) is 64.2 Å². The molecule has 470 valence electrons. The fraction of sp³-hybridized carbons (Fsp3) is 0.878. The highest BCUT2D eigenvalue weighted by molar-refractivity contribution is 5.71. The number of unbranched alkanes of at least 4 members (excludes halogenated alkanes) is 50. The van der Waals surface area contributed by atoms with Gasteiger partial charge in [-0.25, -0.2) is 0 Å². The number of allylic oxidation sites excluding steroid dienone is 6. The first-order valence-electron chi connectivity index (χ1n) is 36.0. The van der Waals surface area contributed by atoms with Crippen molar-refractivity contribution in [3.63, 3.8) is 0 Å². The van der Waals surface area contributed by atoms with Crippen molar-refractivity contribution in [1.82, 2.24) is 0 Å². The summed E-state index contributed by atoms with van der Waals surface area (Å²) in [6.07, 6.45) is 86.2. The maximum absolute atomic E-state index is 12.9. The van der Waals surface area contributed by atoms with Gasteiger partial charge in [-0.05, 0) is 96.3 Å². The van der Waals surface area contributed by atoms with E-state index in [1.807, 2.05) is 0 Å². The van der Waals surface area contributed by atoms with E-state index >= 15 is 0 Å². The van der Waals surface area contributed by atoms with Crippen LogP contribution in [0.2, 0.25) is 0 Å². The summed E-state index contributed by atoms with van der Waals surface area (Å²) in [6.45, 7) is 6.66. The molecule has 0 saturated carbocycles. The van der Waals surface area contributed by atoms with Gasteiger partial charge in [-0.2, -0.15) is 0 Å². The van der Waals surface area contributed by atoms with Crippen molar-refractivity contribution in [1.29, 1.82) is 0 Å². The Morgan fingerprint density at radius 1 is 0.237 bits per heavy atom. The van der Waals surface area contributed by atoms with Crippen molar-refractivity contribution in [3.8, 4) is 0 Å². The summed E-state index contributed by atoms with van der Waals surface area (Å²) in [5.74, 6) is -0.861. The Balaban J connectivity index is 4.08. The first-order valence-corrected chi connectivity index (χ1v) is 36.0. The van der Waals surface area contributed by atoms with Crippen LogP contribution in [0.4, 0.5) is 0 Å². The molecular formula is C74H138O6. The highest BCUT2D eigenvalue weighted by Gasteiger charge is 2.19. The molecule has 0 amide bonds. The molecule has 0 aromatic carbocycles. The minimum atomic E-state index is -0.776. The molecule has 1 atom stereocenters. The van der Waals surface area contributed by atoms with Crippen LogP contribution in [0.25, 0.3) is 0 Å². The Hall–Kier alpha value is -2.37. The summed E-state index contributed by atoms with van der Waals surface area (Å²) in [4.78, 5) is 38.3. The maximum atomic E-state index is 12.9. The lowest BCUT2D eigenvalue weighted by Crippen LogP contribution is -2.30. The lowest BCUT2D eigenvalue weighted by molar-refractivity contribution is -0.167. The summed E-state index contributed by atoms with van der Waals surface area (Å²) >= 11 is 0. The summed E-state index contributed by atoms with van der Waals surface area (Å²) in [7, 11) is 0. The lowest BCUT2D eigenvalue weighted by Gasteiger charge is -2.18. The molecular weight excluding hydrogens is 985 g/mol. The molecule has 6 nitrogen and oxygen atoms in total. The van der Waals surface area contributed by atoms with Gasteiger partial charge in [0.15, 0.2) is 6.10 Å². The zero-order valence-electron chi connectivity index (χ0n) is 54.1. The molecule has 0 spiro atoms. The van der Waals surface area contributed by atoms with Gasteiger partial charge in [0, 0.05) is 19.3 Å². The standard InChI is InChI=1S/C74H138O6/c1-4-7-10-13-16-19-22-25-27-29-30-31-32-33-34-35-36-37-38-39-40-41-42-43-44-46-47-49-52-55-58-61-64-67-73(76)79-70-71(69-78-72(75)66-63-60-57-54-51-24-21-18-15-12-9-6-3)80-74(77)68-65-62-59-56-53-50-48-45-28-26-23-20-17-14-11-8-5-2/h18,21,26,28-30,71H,4-17,19-20,22-25,27,31-70H2,1-3H3/b21-18-,28-26-,30-29-. The quantitative estimate of drug-likeness (QED) is 0.0261. The van der Waals surface area contributed by atoms with Crippen LogP contribution in [0.1, 0.15) is 400 Å². The number of hydrogen-bond donors (Lipinski definition) is 0. The van der Waals surface area contributed by atoms with Gasteiger partial charge < -0.3 is 14.2 Å². The third-order valence-corrected chi connectivity index (χ3v) is 16.3. The normalized spacial score (nSPS) is 12.2. The Kier molecular flexibility index (Phi) is 67.1. The number of carbonyl (C=O) groups excluding carboxylic acids is 3. The minimum Gasteiger partial charge on any atom is -0.462 e. The van der Waals surface area contributed by atoms with Crippen molar-refractivity contribution >= 4 is 17.9 Å². The van der Waals surface area contributed by atoms with Crippen LogP contribution in [0.5, 0.6) is 0 Å². The van der Waals surface area contributed by atoms with Crippen LogP contribution in [0, 0.1) is 0 Å². The molecule has 80 heavy (non-hydrogen) atoms. The van der Waals surface area contributed by atoms with E-state index in [-0.39, 0.29) is 31.1 Å². The Morgan fingerprint density at radius 3 is 0.650 bits per heavy atom. The highest BCUT2D eigenvalue weighted by Crippen LogP contribution is 2.18. The second-order valence-electron chi connectivity index (χ2n) is 24.5. The molecule has 0 bridgehead atoms. The third kappa shape index (κ3) is 66.4.